The molecule has 0 saturated heterocycles. The Labute approximate surface area is 96.9 Å². The fourth-order valence-corrected chi connectivity index (χ4v) is 1.91. The molecule has 6 heteroatoms. The predicted octanol–water partition coefficient (Wildman–Crippen LogP) is 1.67. The molecule has 0 aliphatic rings. The summed E-state index contributed by atoms with van der Waals surface area (Å²) in [6.07, 6.45) is 3.38. The lowest BCUT2D eigenvalue weighted by Gasteiger charge is -2.09. The average Bonchev–Trinajstić information content (AvgIpc) is 2.87. The maximum absolute atomic E-state index is 11.8. The van der Waals surface area contributed by atoms with E-state index >= 15 is 0 Å². The summed E-state index contributed by atoms with van der Waals surface area (Å²) < 4.78 is 0. The van der Waals surface area contributed by atoms with Crippen molar-refractivity contribution in [2.75, 3.05) is 0 Å². The van der Waals surface area contributed by atoms with E-state index in [2.05, 4.69) is 20.3 Å². The highest BCUT2D eigenvalue weighted by Gasteiger charge is 2.14. The molecule has 16 heavy (non-hydrogen) atoms. The van der Waals surface area contributed by atoms with Crippen LogP contribution < -0.4 is 5.32 Å². The van der Waals surface area contributed by atoms with Gasteiger partial charge in [0.2, 0.25) is 0 Å². The summed E-state index contributed by atoms with van der Waals surface area (Å²) >= 11 is 1.46. The molecule has 84 valence electrons. The second kappa shape index (κ2) is 4.44. The van der Waals surface area contributed by atoms with Crippen molar-refractivity contribution in [2.24, 2.45) is 0 Å². The zero-order chi connectivity index (χ0) is 11.5. The van der Waals surface area contributed by atoms with Crippen LogP contribution in [0.2, 0.25) is 0 Å². The van der Waals surface area contributed by atoms with Gasteiger partial charge in [-0.05, 0) is 13.8 Å². The highest BCUT2D eigenvalue weighted by atomic mass is 32.1. The molecule has 0 fully saturated rings. The van der Waals surface area contributed by atoms with Crippen molar-refractivity contribution >= 4 is 17.2 Å². The molecule has 5 nitrogen and oxygen atoms in total. The topological polar surface area (TPSA) is 70.7 Å². The standard InChI is InChI=1S/C10H12N4OS/c1-6(9-11-3-4-12-9)13-10(15)8-5-16-7(2)14-8/h3-6H,1-2H3,(H,11,12)(H,13,15). The summed E-state index contributed by atoms with van der Waals surface area (Å²) in [5, 5.41) is 5.46. The third-order valence-electron chi connectivity index (χ3n) is 2.13. The number of nitrogens with zero attached hydrogens (tertiary/aromatic N) is 2. The molecule has 2 heterocycles. The lowest BCUT2D eigenvalue weighted by atomic mass is 10.3. The first-order chi connectivity index (χ1) is 7.66. The quantitative estimate of drug-likeness (QED) is 0.851. The Kier molecular flexibility index (Phi) is 3.00. The van der Waals surface area contributed by atoms with Crippen molar-refractivity contribution < 1.29 is 4.79 Å². The van der Waals surface area contributed by atoms with Crippen LogP contribution in [0.15, 0.2) is 17.8 Å². The molecule has 0 aromatic carbocycles. The van der Waals surface area contributed by atoms with Gasteiger partial charge >= 0.3 is 0 Å². The summed E-state index contributed by atoms with van der Waals surface area (Å²) in [7, 11) is 0. The van der Waals surface area contributed by atoms with E-state index in [4.69, 9.17) is 0 Å². The first-order valence-electron chi connectivity index (χ1n) is 4.89. The summed E-state index contributed by atoms with van der Waals surface area (Å²) in [5.74, 6) is 0.563. The molecule has 0 saturated carbocycles. The minimum atomic E-state index is -0.173. The summed E-state index contributed by atoms with van der Waals surface area (Å²) in [4.78, 5) is 22.9. The van der Waals surface area contributed by atoms with E-state index in [1.165, 1.54) is 11.3 Å². The van der Waals surface area contributed by atoms with Gasteiger partial charge in [0.15, 0.2) is 0 Å². The van der Waals surface area contributed by atoms with E-state index in [1.807, 2.05) is 13.8 Å². The van der Waals surface area contributed by atoms with Gasteiger partial charge in [-0.1, -0.05) is 0 Å². The average molecular weight is 236 g/mol. The van der Waals surface area contributed by atoms with Gasteiger partial charge in [-0.25, -0.2) is 9.97 Å². The van der Waals surface area contributed by atoms with Crippen LogP contribution in [0.25, 0.3) is 0 Å². The Balaban J connectivity index is 2.03. The highest BCUT2D eigenvalue weighted by Crippen LogP contribution is 2.10. The van der Waals surface area contributed by atoms with E-state index < -0.39 is 0 Å². The number of H-pyrrole nitrogens is 1. The van der Waals surface area contributed by atoms with Crippen LogP contribution in [0.1, 0.15) is 34.3 Å². The molecule has 1 atom stereocenters. The normalized spacial score (nSPS) is 12.4. The second-order valence-electron chi connectivity index (χ2n) is 3.42. The number of hydrogen-bond donors (Lipinski definition) is 2. The summed E-state index contributed by atoms with van der Waals surface area (Å²) in [6.45, 7) is 3.74. The largest absolute Gasteiger partial charge is 0.347 e. The zero-order valence-corrected chi connectivity index (χ0v) is 9.84. The summed E-state index contributed by atoms with van der Waals surface area (Å²) in [5.41, 5.74) is 0.459. The second-order valence-corrected chi connectivity index (χ2v) is 4.48. The molecule has 0 aliphatic carbocycles. The Hall–Kier alpha value is -1.69. The van der Waals surface area contributed by atoms with Gasteiger partial charge in [-0.2, -0.15) is 0 Å². The summed E-state index contributed by atoms with van der Waals surface area (Å²) in [6, 6.07) is -0.149. The highest BCUT2D eigenvalue weighted by molar-refractivity contribution is 7.09. The number of imidazole rings is 1. The molecule has 2 N–H and O–H groups in total. The van der Waals surface area contributed by atoms with E-state index in [1.54, 1.807) is 17.8 Å². The molecule has 0 radical (unpaired) electrons. The molecule has 0 bridgehead atoms. The Morgan fingerprint density at radius 3 is 3.00 bits per heavy atom. The molecular formula is C10H12N4OS. The number of amides is 1. The Bertz CT molecular complexity index is 477. The third-order valence-corrected chi connectivity index (χ3v) is 2.90. The number of nitrogens with one attached hydrogen (secondary N) is 2. The first kappa shape index (κ1) is 10.8. The number of rotatable bonds is 3. The van der Waals surface area contributed by atoms with Crippen LogP contribution in [0.3, 0.4) is 0 Å². The minimum absolute atomic E-state index is 0.149. The van der Waals surface area contributed by atoms with Crippen LogP contribution in [0, 0.1) is 6.92 Å². The predicted molar refractivity (Wildman–Crippen MR) is 61.3 cm³/mol. The van der Waals surface area contributed by atoms with E-state index in [9.17, 15) is 4.79 Å². The van der Waals surface area contributed by atoms with Gasteiger partial charge in [0.25, 0.3) is 5.91 Å². The van der Waals surface area contributed by atoms with Crippen molar-refractivity contribution in [1.82, 2.24) is 20.3 Å². The zero-order valence-electron chi connectivity index (χ0n) is 9.02. The number of carbonyl (C=O) groups is 1. The van der Waals surface area contributed by atoms with Crippen molar-refractivity contribution in [1.29, 1.82) is 0 Å². The molecular weight excluding hydrogens is 224 g/mol. The number of hydrogen-bond acceptors (Lipinski definition) is 4. The van der Waals surface area contributed by atoms with Gasteiger partial charge in [-0.3, -0.25) is 4.79 Å². The molecule has 2 aromatic heterocycles. The monoisotopic (exact) mass is 236 g/mol. The maximum atomic E-state index is 11.8. The van der Waals surface area contributed by atoms with Gasteiger partial charge in [0.05, 0.1) is 11.0 Å². The van der Waals surface area contributed by atoms with Crippen molar-refractivity contribution in [3.05, 3.63) is 34.3 Å². The van der Waals surface area contributed by atoms with Crippen LogP contribution in [-0.2, 0) is 0 Å². The molecule has 2 aromatic rings. The lowest BCUT2D eigenvalue weighted by molar-refractivity contribution is 0.0934. The Morgan fingerprint density at radius 2 is 2.44 bits per heavy atom. The number of aromatic amines is 1. The van der Waals surface area contributed by atoms with Crippen molar-refractivity contribution in [3.63, 3.8) is 0 Å². The fourth-order valence-electron chi connectivity index (χ4n) is 1.32. The number of carbonyl (C=O) groups excluding carboxylic acids is 1. The molecule has 0 spiro atoms. The third kappa shape index (κ3) is 2.27. The van der Waals surface area contributed by atoms with Crippen LogP contribution in [0.4, 0.5) is 0 Å². The van der Waals surface area contributed by atoms with Gasteiger partial charge < -0.3 is 10.3 Å². The minimum Gasteiger partial charge on any atom is -0.347 e. The number of aromatic nitrogens is 3. The number of aryl methyl sites for hydroxylation is 1. The van der Waals surface area contributed by atoms with Gasteiger partial charge in [0.1, 0.15) is 11.5 Å². The van der Waals surface area contributed by atoms with E-state index in [0.29, 0.717) is 5.69 Å². The Morgan fingerprint density at radius 1 is 1.62 bits per heavy atom. The van der Waals surface area contributed by atoms with Crippen LogP contribution in [-0.4, -0.2) is 20.9 Å². The van der Waals surface area contributed by atoms with Crippen LogP contribution >= 0.6 is 11.3 Å². The molecule has 1 amide bonds. The molecule has 2 rings (SSSR count). The first-order valence-corrected chi connectivity index (χ1v) is 5.77. The van der Waals surface area contributed by atoms with Gasteiger partial charge in [0, 0.05) is 17.8 Å². The smallest absolute Gasteiger partial charge is 0.271 e. The van der Waals surface area contributed by atoms with Crippen molar-refractivity contribution in [3.8, 4) is 0 Å². The SMILES string of the molecule is Cc1nc(C(=O)NC(C)c2ncc[nH]2)cs1. The van der Waals surface area contributed by atoms with E-state index in [0.717, 1.165) is 10.8 Å². The van der Waals surface area contributed by atoms with Crippen molar-refractivity contribution in [2.45, 2.75) is 19.9 Å². The van der Waals surface area contributed by atoms with E-state index in [-0.39, 0.29) is 11.9 Å². The maximum Gasteiger partial charge on any atom is 0.271 e. The molecule has 1 unspecified atom stereocenters. The molecule has 0 aliphatic heterocycles. The van der Waals surface area contributed by atoms with Crippen LogP contribution in [0.5, 0.6) is 0 Å². The number of thiazole rings is 1. The van der Waals surface area contributed by atoms with Gasteiger partial charge in [-0.15, -0.1) is 11.3 Å². The fraction of sp³-hybridized carbons (Fsp3) is 0.300. The lowest BCUT2D eigenvalue weighted by Crippen LogP contribution is -2.27.